The van der Waals surface area contributed by atoms with Crippen LogP contribution in [0.4, 0.5) is 0 Å². The summed E-state index contributed by atoms with van der Waals surface area (Å²) < 4.78 is 14.0. The fourth-order valence-corrected chi connectivity index (χ4v) is 4.50. The fraction of sp³-hybridized carbons (Fsp3) is 0.625. The Morgan fingerprint density at radius 2 is 1.85 bits per heavy atom. The van der Waals surface area contributed by atoms with E-state index in [-0.39, 0.29) is 30.1 Å². The Labute approximate surface area is 214 Å². The number of aliphatic imine (C=N–C) groups is 1. The number of para-hydroxylation sites is 1. The van der Waals surface area contributed by atoms with E-state index in [1.165, 1.54) is 38.5 Å². The molecule has 0 bridgehead atoms. The Morgan fingerprint density at radius 1 is 1.12 bits per heavy atom. The van der Waals surface area contributed by atoms with E-state index in [2.05, 4.69) is 26.9 Å². The van der Waals surface area contributed by atoms with Crippen LogP contribution < -0.4 is 20.1 Å². The molecule has 0 aliphatic heterocycles. The molecule has 2 saturated carbocycles. The minimum Gasteiger partial charge on any atom is -0.493 e. The first-order valence-electron chi connectivity index (χ1n) is 11.9. The summed E-state index contributed by atoms with van der Waals surface area (Å²) in [7, 11) is 3.68. The van der Waals surface area contributed by atoms with Gasteiger partial charge in [0.05, 0.1) is 26.3 Å². The predicted molar refractivity (Wildman–Crippen MR) is 140 cm³/mol. The molecule has 1 aromatic heterocycles. The highest BCUT2D eigenvalue weighted by atomic mass is 127. The van der Waals surface area contributed by atoms with Gasteiger partial charge in [-0.2, -0.15) is 0 Å². The number of ether oxygens (including phenoxy) is 2. The van der Waals surface area contributed by atoms with Crippen molar-refractivity contribution in [1.82, 2.24) is 25.4 Å². The summed E-state index contributed by atoms with van der Waals surface area (Å²) in [5.74, 6) is 4.18. The quantitative estimate of drug-likeness (QED) is 0.282. The number of nitrogens with one attached hydrogen (secondary N) is 2. The summed E-state index contributed by atoms with van der Waals surface area (Å²) in [5.41, 5.74) is 1.04. The van der Waals surface area contributed by atoms with Gasteiger partial charge in [0.1, 0.15) is 5.82 Å². The molecule has 0 spiro atoms. The monoisotopic (exact) mass is 568 g/mol. The lowest BCUT2D eigenvalue weighted by molar-refractivity contribution is 0.198. The van der Waals surface area contributed by atoms with E-state index in [0.29, 0.717) is 19.1 Å². The zero-order valence-corrected chi connectivity index (χ0v) is 22.3. The molecule has 0 amide bonds. The van der Waals surface area contributed by atoms with Crippen molar-refractivity contribution < 1.29 is 9.47 Å². The van der Waals surface area contributed by atoms with E-state index in [1.54, 1.807) is 7.11 Å². The van der Waals surface area contributed by atoms with Crippen LogP contribution in [0.2, 0.25) is 0 Å². The van der Waals surface area contributed by atoms with Crippen LogP contribution in [0.25, 0.3) is 0 Å². The van der Waals surface area contributed by atoms with Crippen LogP contribution in [0.5, 0.6) is 11.5 Å². The molecule has 2 aliphatic carbocycles. The third-order valence-electron chi connectivity index (χ3n) is 6.57. The maximum atomic E-state index is 6.39. The van der Waals surface area contributed by atoms with Gasteiger partial charge in [0.25, 0.3) is 0 Å². The van der Waals surface area contributed by atoms with Gasteiger partial charge >= 0.3 is 0 Å². The predicted octanol–water partition coefficient (Wildman–Crippen LogP) is 4.25. The van der Waals surface area contributed by atoms with Gasteiger partial charge in [-0.1, -0.05) is 25.0 Å². The van der Waals surface area contributed by atoms with Crippen molar-refractivity contribution in [1.29, 1.82) is 0 Å². The molecule has 2 N–H and O–H groups in total. The molecule has 2 aromatic rings. The fourth-order valence-electron chi connectivity index (χ4n) is 4.50. The van der Waals surface area contributed by atoms with Crippen LogP contribution in [0.15, 0.2) is 23.2 Å². The van der Waals surface area contributed by atoms with Crippen LogP contribution in [-0.4, -0.2) is 40.0 Å². The molecule has 0 atom stereocenters. The lowest BCUT2D eigenvalue weighted by Crippen LogP contribution is -2.42. The minimum absolute atomic E-state index is 0. The minimum atomic E-state index is 0. The highest BCUT2D eigenvalue weighted by molar-refractivity contribution is 14.0. The molecule has 33 heavy (non-hydrogen) atoms. The molecule has 1 aromatic carbocycles. The lowest BCUT2D eigenvalue weighted by Gasteiger charge is -2.20. The van der Waals surface area contributed by atoms with Gasteiger partial charge in [-0.15, -0.1) is 34.2 Å². The lowest BCUT2D eigenvalue weighted by atomic mass is 10.1. The van der Waals surface area contributed by atoms with Crippen LogP contribution in [-0.2, 0) is 20.1 Å². The molecule has 0 radical (unpaired) electrons. The second-order valence-corrected chi connectivity index (χ2v) is 8.84. The molecule has 0 saturated heterocycles. The number of guanidine groups is 1. The molecule has 4 rings (SSSR count). The normalized spacial score (nSPS) is 17.1. The van der Waals surface area contributed by atoms with Gasteiger partial charge in [0.2, 0.25) is 0 Å². The summed E-state index contributed by atoms with van der Waals surface area (Å²) in [5, 5.41) is 15.5. The van der Waals surface area contributed by atoms with Crippen molar-refractivity contribution in [2.24, 2.45) is 12.0 Å². The molecule has 0 unspecified atom stereocenters. The first-order chi connectivity index (χ1) is 15.6. The van der Waals surface area contributed by atoms with Gasteiger partial charge in [-0.05, 0) is 51.5 Å². The van der Waals surface area contributed by atoms with E-state index in [4.69, 9.17) is 14.5 Å². The maximum Gasteiger partial charge on any atom is 0.192 e. The van der Waals surface area contributed by atoms with E-state index >= 15 is 0 Å². The van der Waals surface area contributed by atoms with Crippen molar-refractivity contribution in [3.63, 3.8) is 0 Å². The van der Waals surface area contributed by atoms with Crippen molar-refractivity contribution >= 4 is 29.9 Å². The standard InChI is InChI=1S/C24H36N6O2.HI/c1-17-28-29-22(30(17)2)16-26-24(27-19-10-4-5-11-19)25-15-18-9-8-14-21(31-3)23(18)32-20-12-6-7-13-20;/h8-9,14,19-20H,4-7,10-13,15-16H2,1-3H3,(H2,25,26,27);1H. The summed E-state index contributed by atoms with van der Waals surface area (Å²) in [6.07, 6.45) is 9.83. The zero-order valence-electron chi connectivity index (χ0n) is 20.0. The number of nitrogens with zero attached hydrogens (tertiary/aromatic N) is 4. The van der Waals surface area contributed by atoms with Gasteiger partial charge in [-0.3, -0.25) is 0 Å². The number of benzene rings is 1. The molecule has 1 heterocycles. The summed E-state index contributed by atoms with van der Waals surface area (Å²) >= 11 is 0. The number of hydrogen-bond donors (Lipinski definition) is 2. The Balaban J connectivity index is 0.00000306. The highest BCUT2D eigenvalue weighted by Gasteiger charge is 2.21. The van der Waals surface area contributed by atoms with E-state index in [1.807, 2.05) is 30.7 Å². The number of rotatable bonds is 8. The Morgan fingerprint density at radius 3 is 2.52 bits per heavy atom. The number of hydrogen-bond acceptors (Lipinski definition) is 5. The van der Waals surface area contributed by atoms with Crippen LogP contribution in [0, 0.1) is 6.92 Å². The van der Waals surface area contributed by atoms with Crippen LogP contribution in [0.3, 0.4) is 0 Å². The molecular formula is C24H37IN6O2. The molecule has 8 nitrogen and oxygen atoms in total. The third kappa shape index (κ3) is 6.74. The average molecular weight is 569 g/mol. The van der Waals surface area contributed by atoms with Crippen molar-refractivity contribution in [2.45, 2.75) is 83.5 Å². The van der Waals surface area contributed by atoms with E-state index < -0.39 is 0 Å². The van der Waals surface area contributed by atoms with Crippen LogP contribution >= 0.6 is 24.0 Å². The van der Waals surface area contributed by atoms with Crippen molar-refractivity contribution in [3.05, 3.63) is 35.4 Å². The van der Waals surface area contributed by atoms with Crippen LogP contribution in [0.1, 0.15) is 68.6 Å². The van der Waals surface area contributed by atoms with Gasteiger partial charge < -0.3 is 24.7 Å². The number of aryl methyl sites for hydroxylation is 1. The summed E-state index contributed by atoms with van der Waals surface area (Å²) in [6.45, 7) is 3.04. The smallest absolute Gasteiger partial charge is 0.192 e. The largest absolute Gasteiger partial charge is 0.493 e. The molecule has 2 fully saturated rings. The van der Waals surface area contributed by atoms with Gasteiger partial charge in [0, 0.05) is 18.7 Å². The number of aromatic nitrogens is 3. The van der Waals surface area contributed by atoms with E-state index in [9.17, 15) is 0 Å². The van der Waals surface area contributed by atoms with Gasteiger partial charge in [0.15, 0.2) is 23.3 Å². The van der Waals surface area contributed by atoms with E-state index in [0.717, 1.165) is 47.5 Å². The number of halogens is 1. The second kappa shape index (κ2) is 12.4. The summed E-state index contributed by atoms with van der Waals surface area (Å²) in [6, 6.07) is 6.51. The van der Waals surface area contributed by atoms with Crippen molar-refractivity contribution in [2.75, 3.05) is 7.11 Å². The topological polar surface area (TPSA) is 85.6 Å². The second-order valence-electron chi connectivity index (χ2n) is 8.84. The first kappa shape index (κ1) is 25.6. The Kier molecular flexibility index (Phi) is 9.64. The Hall–Kier alpha value is -2.04. The SMILES string of the molecule is COc1cccc(CN=C(NCc2nnc(C)n2C)NC2CCCC2)c1OC1CCCC1.I. The zero-order chi connectivity index (χ0) is 22.3. The third-order valence-corrected chi connectivity index (χ3v) is 6.57. The highest BCUT2D eigenvalue weighted by Crippen LogP contribution is 2.35. The summed E-state index contributed by atoms with van der Waals surface area (Å²) in [4.78, 5) is 4.92. The first-order valence-corrected chi connectivity index (χ1v) is 11.9. The molecule has 182 valence electrons. The van der Waals surface area contributed by atoms with Gasteiger partial charge in [-0.25, -0.2) is 4.99 Å². The molecule has 9 heteroatoms. The maximum absolute atomic E-state index is 6.39. The molecule has 2 aliphatic rings. The molecular weight excluding hydrogens is 531 g/mol. The average Bonchev–Trinajstić information content (AvgIpc) is 3.56. The number of methoxy groups -OCH3 is 1. The van der Waals surface area contributed by atoms with Crippen molar-refractivity contribution in [3.8, 4) is 11.5 Å². The Bertz CT molecular complexity index is 920.